The van der Waals surface area contributed by atoms with Gasteiger partial charge in [-0.3, -0.25) is 4.79 Å². The van der Waals surface area contributed by atoms with Gasteiger partial charge in [0.25, 0.3) is 0 Å². The molecular weight excluding hydrogens is 252 g/mol. The number of nitrogens with two attached hydrogens (primary N) is 1. The molecule has 1 saturated heterocycles. The number of hydrogen-bond acceptors (Lipinski definition) is 5. The van der Waals surface area contributed by atoms with Crippen molar-refractivity contribution in [2.24, 2.45) is 0 Å². The molecular formula is C15H24N4O. The molecule has 0 amide bonds. The molecule has 1 aliphatic heterocycles. The fourth-order valence-corrected chi connectivity index (χ4v) is 2.34. The van der Waals surface area contributed by atoms with E-state index in [4.69, 9.17) is 5.73 Å². The summed E-state index contributed by atoms with van der Waals surface area (Å²) in [6.07, 6.45) is 0.773. The topological polar surface area (TPSA) is 61.6 Å². The van der Waals surface area contributed by atoms with E-state index in [-0.39, 0.29) is 11.8 Å². The Kier molecular flexibility index (Phi) is 5.11. The first-order valence-corrected chi connectivity index (χ1v) is 7.19. The Morgan fingerprint density at radius 1 is 1.25 bits per heavy atom. The first kappa shape index (κ1) is 15.0. The molecule has 2 rings (SSSR count). The van der Waals surface area contributed by atoms with Crippen molar-refractivity contribution in [3.8, 4) is 0 Å². The van der Waals surface area contributed by atoms with Gasteiger partial charge in [-0.2, -0.15) is 0 Å². The van der Waals surface area contributed by atoms with E-state index in [1.807, 2.05) is 6.92 Å². The lowest BCUT2D eigenvalue weighted by molar-refractivity contribution is 0.0687. The largest absolute Gasteiger partial charge is 0.399 e. The first-order chi connectivity index (χ1) is 9.60. The molecule has 1 aliphatic rings. The van der Waals surface area contributed by atoms with Gasteiger partial charge in [-0.25, -0.2) is 10.4 Å². The number of nitrogens with zero attached hydrogens (tertiary/aromatic N) is 2. The van der Waals surface area contributed by atoms with Crippen LogP contribution in [0.5, 0.6) is 0 Å². The van der Waals surface area contributed by atoms with E-state index in [1.54, 1.807) is 24.3 Å². The zero-order valence-electron chi connectivity index (χ0n) is 12.3. The molecule has 0 radical (unpaired) electrons. The average Bonchev–Trinajstić information content (AvgIpc) is 2.47. The highest BCUT2D eigenvalue weighted by molar-refractivity contribution is 6.00. The molecule has 5 heteroatoms. The minimum Gasteiger partial charge on any atom is -0.399 e. The monoisotopic (exact) mass is 276 g/mol. The molecule has 3 N–H and O–H groups in total. The number of benzene rings is 1. The first-order valence-electron chi connectivity index (χ1n) is 7.19. The Morgan fingerprint density at radius 3 is 2.40 bits per heavy atom. The highest BCUT2D eigenvalue weighted by Gasteiger charge is 2.22. The molecule has 5 nitrogen and oxygen atoms in total. The zero-order valence-corrected chi connectivity index (χ0v) is 12.3. The van der Waals surface area contributed by atoms with Gasteiger partial charge in [0.05, 0.1) is 6.04 Å². The van der Waals surface area contributed by atoms with Crippen molar-refractivity contribution in [3.63, 3.8) is 0 Å². The molecule has 1 aromatic rings. The van der Waals surface area contributed by atoms with Crippen LogP contribution < -0.4 is 11.2 Å². The number of nitrogen functional groups attached to an aromatic ring is 1. The molecule has 0 spiro atoms. The van der Waals surface area contributed by atoms with Crippen molar-refractivity contribution in [2.45, 2.75) is 19.4 Å². The summed E-state index contributed by atoms with van der Waals surface area (Å²) in [5.74, 6) is 0.131. The second kappa shape index (κ2) is 6.83. The van der Waals surface area contributed by atoms with Crippen LogP contribution in [0, 0.1) is 0 Å². The number of piperazine rings is 1. The summed E-state index contributed by atoms with van der Waals surface area (Å²) in [5, 5.41) is 2.16. The number of ketones is 1. The SMILES string of the molecule is CCC(NN1CCN(C)CC1)C(=O)c1ccc(N)cc1. The van der Waals surface area contributed by atoms with Gasteiger partial charge in [-0.15, -0.1) is 0 Å². The van der Waals surface area contributed by atoms with Crippen molar-refractivity contribution in [1.29, 1.82) is 0 Å². The minimum atomic E-state index is -0.165. The van der Waals surface area contributed by atoms with Crippen LogP contribution in [0.3, 0.4) is 0 Å². The number of carbonyl (C=O) groups excluding carboxylic acids is 1. The maximum atomic E-state index is 12.5. The standard InChI is InChI=1S/C15H24N4O/c1-3-14(17-19-10-8-18(2)9-11-19)15(20)12-4-6-13(16)7-5-12/h4-7,14,17H,3,8-11,16H2,1-2H3. The molecule has 20 heavy (non-hydrogen) atoms. The fraction of sp³-hybridized carbons (Fsp3) is 0.533. The van der Waals surface area contributed by atoms with E-state index in [2.05, 4.69) is 22.4 Å². The highest BCUT2D eigenvalue weighted by atomic mass is 16.1. The quantitative estimate of drug-likeness (QED) is 0.620. The predicted molar refractivity (Wildman–Crippen MR) is 81.5 cm³/mol. The number of Topliss-reactive ketones (excluding diaryl/α,β-unsaturated/α-hetero) is 1. The normalized spacial score (nSPS) is 18.9. The number of hydrogen-bond donors (Lipinski definition) is 2. The van der Waals surface area contributed by atoms with Gasteiger partial charge < -0.3 is 10.6 Å². The molecule has 1 unspecified atom stereocenters. The van der Waals surface area contributed by atoms with Gasteiger partial charge in [0.1, 0.15) is 0 Å². The molecule has 0 aliphatic carbocycles. The summed E-state index contributed by atoms with van der Waals surface area (Å²) in [7, 11) is 2.12. The molecule has 0 aromatic heterocycles. The molecule has 0 saturated carbocycles. The molecule has 1 aromatic carbocycles. The average molecular weight is 276 g/mol. The second-order valence-electron chi connectivity index (χ2n) is 5.37. The van der Waals surface area contributed by atoms with Crippen LogP contribution in [0.25, 0.3) is 0 Å². The smallest absolute Gasteiger partial charge is 0.181 e. The lowest BCUT2D eigenvalue weighted by atomic mass is 10.0. The summed E-state index contributed by atoms with van der Waals surface area (Å²) in [6.45, 7) is 5.98. The Morgan fingerprint density at radius 2 is 1.85 bits per heavy atom. The third-order valence-electron chi connectivity index (χ3n) is 3.76. The molecule has 0 bridgehead atoms. The van der Waals surface area contributed by atoms with Gasteiger partial charge in [-0.05, 0) is 37.7 Å². The zero-order chi connectivity index (χ0) is 14.5. The summed E-state index contributed by atoms with van der Waals surface area (Å²) in [6, 6.07) is 6.98. The van der Waals surface area contributed by atoms with Gasteiger partial charge in [0.15, 0.2) is 5.78 Å². The number of likely N-dealkylation sites (N-methyl/N-ethyl adjacent to an activating group) is 1. The number of rotatable bonds is 5. The van der Waals surface area contributed by atoms with E-state index in [9.17, 15) is 4.79 Å². The Balaban J connectivity index is 1.97. The Bertz CT molecular complexity index is 438. The van der Waals surface area contributed by atoms with Crippen LogP contribution in [-0.4, -0.2) is 55.0 Å². The van der Waals surface area contributed by atoms with Crippen LogP contribution in [0.15, 0.2) is 24.3 Å². The van der Waals surface area contributed by atoms with Crippen LogP contribution in [-0.2, 0) is 0 Å². The summed E-state index contributed by atoms with van der Waals surface area (Å²) in [5.41, 5.74) is 10.4. The maximum Gasteiger partial charge on any atom is 0.181 e. The van der Waals surface area contributed by atoms with Crippen molar-refractivity contribution < 1.29 is 4.79 Å². The van der Waals surface area contributed by atoms with Crippen molar-refractivity contribution in [2.75, 3.05) is 39.0 Å². The fourth-order valence-electron chi connectivity index (χ4n) is 2.34. The van der Waals surface area contributed by atoms with Crippen LogP contribution in [0.4, 0.5) is 5.69 Å². The molecule has 1 atom stereocenters. The van der Waals surface area contributed by atoms with E-state index >= 15 is 0 Å². The lowest BCUT2D eigenvalue weighted by Crippen LogP contribution is -2.55. The van der Waals surface area contributed by atoms with Crippen LogP contribution in [0.2, 0.25) is 0 Å². The second-order valence-corrected chi connectivity index (χ2v) is 5.37. The van der Waals surface area contributed by atoms with Crippen LogP contribution >= 0.6 is 0 Å². The van der Waals surface area contributed by atoms with Gasteiger partial charge in [-0.1, -0.05) is 6.92 Å². The maximum absolute atomic E-state index is 12.5. The number of hydrazine groups is 1. The van der Waals surface area contributed by atoms with E-state index in [1.165, 1.54) is 0 Å². The number of nitrogens with one attached hydrogen (secondary N) is 1. The van der Waals surface area contributed by atoms with E-state index < -0.39 is 0 Å². The van der Waals surface area contributed by atoms with E-state index in [0.717, 1.165) is 32.6 Å². The number of anilines is 1. The molecule has 110 valence electrons. The van der Waals surface area contributed by atoms with Crippen LogP contribution in [0.1, 0.15) is 23.7 Å². The Labute approximate surface area is 120 Å². The van der Waals surface area contributed by atoms with Gasteiger partial charge in [0, 0.05) is 37.4 Å². The summed E-state index contributed by atoms with van der Waals surface area (Å²) < 4.78 is 0. The number of carbonyl (C=O) groups is 1. The summed E-state index contributed by atoms with van der Waals surface area (Å²) in [4.78, 5) is 14.8. The van der Waals surface area contributed by atoms with Crippen molar-refractivity contribution in [1.82, 2.24) is 15.3 Å². The van der Waals surface area contributed by atoms with Crippen molar-refractivity contribution >= 4 is 11.5 Å². The molecule has 1 heterocycles. The Hall–Kier alpha value is -1.43. The van der Waals surface area contributed by atoms with Gasteiger partial charge >= 0.3 is 0 Å². The summed E-state index contributed by atoms with van der Waals surface area (Å²) >= 11 is 0. The molecule has 1 fully saturated rings. The predicted octanol–water partition coefficient (Wildman–Crippen LogP) is 0.982. The van der Waals surface area contributed by atoms with E-state index in [0.29, 0.717) is 11.3 Å². The lowest BCUT2D eigenvalue weighted by Gasteiger charge is -2.34. The third-order valence-corrected chi connectivity index (χ3v) is 3.76. The third kappa shape index (κ3) is 3.79. The van der Waals surface area contributed by atoms with Crippen molar-refractivity contribution in [3.05, 3.63) is 29.8 Å². The highest BCUT2D eigenvalue weighted by Crippen LogP contribution is 2.10. The minimum absolute atomic E-state index is 0.131. The van der Waals surface area contributed by atoms with Gasteiger partial charge in [0.2, 0.25) is 0 Å².